The summed E-state index contributed by atoms with van der Waals surface area (Å²) < 4.78 is 0. The lowest BCUT2D eigenvalue weighted by Crippen LogP contribution is -2.43. The molecular weight excluding hydrogens is 282 g/mol. The molecule has 1 aliphatic heterocycles. The molecule has 112 valence electrons. The Hall–Kier alpha value is -1.53. The third-order valence-corrected chi connectivity index (χ3v) is 4.81. The van der Waals surface area contributed by atoms with Crippen LogP contribution >= 0.6 is 11.3 Å². The summed E-state index contributed by atoms with van der Waals surface area (Å²) in [6.07, 6.45) is 8.07. The van der Waals surface area contributed by atoms with Crippen LogP contribution in [-0.4, -0.2) is 46.0 Å². The molecule has 1 fully saturated rings. The molecule has 0 aromatic carbocycles. The van der Waals surface area contributed by atoms with Gasteiger partial charge in [0, 0.05) is 56.2 Å². The molecule has 2 aromatic heterocycles. The van der Waals surface area contributed by atoms with Gasteiger partial charge in [0.25, 0.3) is 0 Å². The summed E-state index contributed by atoms with van der Waals surface area (Å²) in [6.45, 7) is 5.29. The fourth-order valence-electron chi connectivity index (χ4n) is 2.74. The number of piperidine rings is 1. The molecule has 0 bridgehead atoms. The second-order valence-electron chi connectivity index (χ2n) is 5.65. The minimum atomic E-state index is 0.533. The van der Waals surface area contributed by atoms with Crippen molar-refractivity contribution in [1.29, 1.82) is 0 Å². The van der Waals surface area contributed by atoms with Crippen molar-refractivity contribution in [2.75, 3.05) is 25.0 Å². The molecule has 0 amide bonds. The molecule has 3 rings (SSSR count). The van der Waals surface area contributed by atoms with Crippen LogP contribution in [0.15, 0.2) is 24.1 Å². The molecule has 1 saturated heterocycles. The summed E-state index contributed by atoms with van der Waals surface area (Å²) >= 11 is 1.74. The Kier molecular flexibility index (Phi) is 4.45. The smallest absolute Gasteiger partial charge is 0.225 e. The average molecular weight is 303 g/mol. The maximum atomic E-state index is 4.43. The van der Waals surface area contributed by atoms with E-state index in [9.17, 15) is 0 Å². The first-order chi connectivity index (χ1) is 10.2. The van der Waals surface area contributed by atoms with Gasteiger partial charge in [-0.25, -0.2) is 9.97 Å². The van der Waals surface area contributed by atoms with E-state index >= 15 is 0 Å². The van der Waals surface area contributed by atoms with Crippen LogP contribution in [0.1, 0.15) is 23.3 Å². The van der Waals surface area contributed by atoms with E-state index in [1.807, 2.05) is 31.0 Å². The minimum absolute atomic E-state index is 0.533. The molecule has 0 radical (unpaired) electrons. The lowest BCUT2D eigenvalue weighted by atomic mass is 10.0. The molecule has 21 heavy (non-hydrogen) atoms. The second-order valence-corrected chi connectivity index (χ2v) is 6.62. The molecule has 0 N–H and O–H groups in total. The molecule has 0 unspecified atom stereocenters. The van der Waals surface area contributed by atoms with Gasteiger partial charge in [0.15, 0.2) is 0 Å². The fraction of sp³-hybridized carbons (Fsp3) is 0.533. The quantitative estimate of drug-likeness (QED) is 0.867. The predicted octanol–water partition coefficient (Wildman–Crippen LogP) is 2.34. The third kappa shape index (κ3) is 3.57. The van der Waals surface area contributed by atoms with Gasteiger partial charge in [-0.1, -0.05) is 0 Å². The zero-order valence-electron chi connectivity index (χ0n) is 12.6. The Bertz CT molecular complexity index is 546. The van der Waals surface area contributed by atoms with Gasteiger partial charge < -0.3 is 4.90 Å². The second kappa shape index (κ2) is 6.49. The van der Waals surface area contributed by atoms with Crippen molar-refractivity contribution >= 4 is 17.3 Å². The van der Waals surface area contributed by atoms with Crippen molar-refractivity contribution in [3.63, 3.8) is 0 Å². The van der Waals surface area contributed by atoms with Crippen molar-refractivity contribution < 1.29 is 0 Å². The summed E-state index contributed by atoms with van der Waals surface area (Å²) in [4.78, 5) is 19.1. The predicted molar refractivity (Wildman–Crippen MR) is 85.6 cm³/mol. The van der Waals surface area contributed by atoms with Crippen LogP contribution in [0.25, 0.3) is 0 Å². The summed E-state index contributed by atoms with van der Waals surface area (Å²) in [5.74, 6) is 0.835. The van der Waals surface area contributed by atoms with Gasteiger partial charge in [-0.05, 0) is 25.3 Å². The maximum Gasteiger partial charge on any atom is 0.225 e. The van der Waals surface area contributed by atoms with Gasteiger partial charge in [-0.3, -0.25) is 9.88 Å². The number of anilines is 1. The van der Waals surface area contributed by atoms with E-state index < -0.39 is 0 Å². The Morgan fingerprint density at radius 1 is 1.24 bits per heavy atom. The lowest BCUT2D eigenvalue weighted by molar-refractivity contribution is 0.204. The molecular formula is C15H21N5S. The zero-order valence-corrected chi connectivity index (χ0v) is 13.4. The molecule has 0 aliphatic carbocycles. The first-order valence-corrected chi connectivity index (χ1v) is 8.21. The van der Waals surface area contributed by atoms with E-state index in [-0.39, 0.29) is 0 Å². The van der Waals surface area contributed by atoms with E-state index in [0.29, 0.717) is 6.04 Å². The fourth-order valence-corrected chi connectivity index (χ4v) is 3.37. The number of likely N-dealkylation sites (tertiary alicyclic amines) is 1. The Labute approximate surface area is 129 Å². The molecule has 1 aliphatic rings. The highest BCUT2D eigenvalue weighted by molar-refractivity contribution is 7.09. The molecule has 0 atom stereocenters. The summed E-state index contributed by atoms with van der Waals surface area (Å²) in [5.41, 5.74) is 3.01. The Morgan fingerprint density at radius 2 is 1.95 bits per heavy atom. The highest BCUT2D eigenvalue weighted by atomic mass is 32.1. The number of aromatic nitrogens is 3. The number of nitrogens with zero attached hydrogens (tertiary/aromatic N) is 5. The van der Waals surface area contributed by atoms with E-state index in [1.165, 1.54) is 4.88 Å². The molecule has 3 heterocycles. The first-order valence-electron chi connectivity index (χ1n) is 7.33. The van der Waals surface area contributed by atoms with Crippen molar-refractivity contribution in [2.24, 2.45) is 0 Å². The van der Waals surface area contributed by atoms with Crippen LogP contribution in [0, 0.1) is 6.92 Å². The van der Waals surface area contributed by atoms with Crippen molar-refractivity contribution in [3.05, 3.63) is 34.5 Å². The number of hydrogen-bond acceptors (Lipinski definition) is 6. The van der Waals surface area contributed by atoms with E-state index in [4.69, 9.17) is 0 Å². The third-order valence-electron chi connectivity index (χ3n) is 4.05. The number of thiazole rings is 1. The monoisotopic (exact) mass is 303 g/mol. The van der Waals surface area contributed by atoms with Gasteiger partial charge >= 0.3 is 0 Å². The maximum absolute atomic E-state index is 4.43. The molecule has 0 saturated carbocycles. The van der Waals surface area contributed by atoms with E-state index in [1.54, 1.807) is 11.3 Å². The van der Waals surface area contributed by atoms with Crippen molar-refractivity contribution in [2.45, 2.75) is 32.4 Å². The van der Waals surface area contributed by atoms with Crippen LogP contribution in [-0.2, 0) is 6.54 Å². The van der Waals surface area contributed by atoms with Crippen LogP contribution in [0.3, 0.4) is 0 Å². The molecule has 2 aromatic rings. The highest BCUT2D eigenvalue weighted by Crippen LogP contribution is 2.21. The summed E-state index contributed by atoms with van der Waals surface area (Å²) in [6, 6.07) is 0.533. The van der Waals surface area contributed by atoms with Gasteiger partial charge in [0.1, 0.15) is 0 Å². The highest BCUT2D eigenvalue weighted by Gasteiger charge is 2.24. The van der Waals surface area contributed by atoms with Crippen LogP contribution in [0.4, 0.5) is 5.95 Å². The normalized spacial score (nSPS) is 17.0. The van der Waals surface area contributed by atoms with Gasteiger partial charge in [0.2, 0.25) is 5.95 Å². The van der Waals surface area contributed by atoms with Gasteiger partial charge in [0.05, 0.1) is 5.51 Å². The average Bonchev–Trinajstić information content (AvgIpc) is 3.01. The number of hydrogen-bond donors (Lipinski definition) is 0. The standard InChI is InChI=1S/C15H21N5S/c1-12-7-17-15(18-8-12)19(2)13-3-5-20(6-4-13)10-14-9-16-11-21-14/h7-9,11,13H,3-6,10H2,1-2H3. The van der Waals surface area contributed by atoms with Crippen LogP contribution in [0.2, 0.25) is 0 Å². The van der Waals surface area contributed by atoms with Gasteiger partial charge in [-0.2, -0.15) is 0 Å². The van der Waals surface area contributed by atoms with Crippen molar-refractivity contribution in [3.8, 4) is 0 Å². The Balaban J connectivity index is 1.54. The minimum Gasteiger partial charge on any atom is -0.341 e. The first kappa shape index (κ1) is 14.4. The molecule has 0 spiro atoms. The van der Waals surface area contributed by atoms with Crippen LogP contribution in [0.5, 0.6) is 0 Å². The largest absolute Gasteiger partial charge is 0.341 e. The number of rotatable bonds is 4. The van der Waals surface area contributed by atoms with Crippen molar-refractivity contribution in [1.82, 2.24) is 19.9 Å². The topological polar surface area (TPSA) is 45.2 Å². The summed E-state index contributed by atoms with van der Waals surface area (Å²) in [5, 5.41) is 0. The summed E-state index contributed by atoms with van der Waals surface area (Å²) in [7, 11) is 2.11. The lowest BCUT2D eigenvalue weighted by Gasteiger charge is -2.36. The molecule has 5 nitrogen and oxygen atoms in total. The van der Waals surface area contributed by atoms with Crippen LogP contribution < -0.4 is 4.90 Å². The van der Waals surface area contributed by atoms with E-state index in [0.717, 1.165) is 44.0 Å². The van der Waals surface area contributed by atoms with Gasteiger partial charge in [-0.15, -0.1) is 11.3 Å². The Morgan fingerprint density at radius 3 is 2.57 bits per heavy atom. The van der Waals surface area contributed by atoms with E-state index in [2.05, 4.69) is 31.8 Å². The molecule has 6 heteroatoms. The number of aryl methyl sites for hydroxylation is 1. The zero-order chi connectivity index (χ0) is 14.7. The SMILES string of the molecule is Cc1cnc(N(C)C2CCN(Cc3cncs3)CC2)nc1.